The number of anilines is 1. The molecule has 0 saturated heterocycles. The molecule has 3 aromatic rings. The smallest absolute Gasteiger partial charge is 0.259 e. The molecule has 0 radical (unpaired) electrons. The minimum Gasteiger partial charge on any atom is -0.376 e. The maximum atomic E-state index is 12.0. The Balaban J connectivity index is 1.59. The first-order valence-electron chi connectivity index (χ1n) is 8.25. The number of hydrogen-bond acceptors (Lipinski definition) is 3. The third-order valence-corrected chi connectivity index (χ3v) is 4.02. The van der Waals surface area contributed by atoms with Crippen LogP contribution in [0.15, 0.2) is 71.8 Å². The van der Waals surface area contributed by atoms with E-state index in [1.807, 2.05) is 56.3 Å². The van der Waals surface area contributed by atoms with Crippen molar-refractivity contribution >= 4 is 28.1 Å². The van der Waals surface area contributed by atoms with Crippen LogP contribution < -0.4 is 10.7 Å². The van der Waals surface area contributed by atoms with Crippen LogP contribution in [0.3, 0.4) is 0 Å². The van der Waals surface area contributed by atoms with E-state index in [4.69, 9.17) is 0 Å². The van der Waals surface area contributed by atoms with Crippen LogP contribution in [0.25, 0.3) is 10.8 Å². The van der Waals surface area contributed by atoms with Crippen LogP contribution in [0.1, 0.15) is 18.1 Å². The van der Waals surface area contributed by atoms with Crippen LogP contribution in [-0.2, 0) is 4.79 Å². The minimum absolute atomic E-state index is 0.178. The molecule has 0 aliphatic heterocycles. The molecular weight excluding hydrogens is 310 g/mol. The van der Waals surface area contributed by atoms with Gasteiger partial charge in [-0.25, -0.2) is 5.43 Å². The van der Waals surface area contributed by atoms with Gasteiger partial charge in [-0.05, 0) is 48.4 Å². The fourth-order valence-electron chi connectivity index (χ4n) is 2.52. The Hall–Kier alpha value is -3.14. The molecule has 3 aromatic carbocycles. The molecule has 4 nitrogen and oxygen atoms in total. The van der Waals surface area contributed by atoms with E-state index in [2.05, 4.69) is 40.1 Å². The minimum atomic E-state index is -0.180. The fourth-order valence-corrected chi connectivity index (χ4v) is 2.52. The zero-order valence-corrected chi connectivity index (χ0v) is 14.4. The Morgan fingerprint density at radius 3 is 2.44 bits per heavy atom. The highest BCUT2D eigenvalue weighted by Gasteiger charge is 2.03. The van der Waals surface area contributed by atoms with Gasteiger partial charge in [-0.3, -0.25) is 4.79 Å². The average molecular weight is 331 g/mol. The lowest BCUT2D eigenvalue weighted by atomic mass is 10.0. The number of rotatable bonds is 5. The number of amides is 1. The molecule has 0 saturated carbocycles. The Kier molecular flexibility index (Phi) is 5.09. The van der Waals surface area contributed by atoms with Gasteiger partial charge in [-0.1, -0.05) is 54.1 Å². The molecule has 0 spiro atoms. The SMILES string of the molecule is C/C(=N\NC(=O)CNc1ccc(C)cc1)c1ccc2ccccc2c1. The van der Waals surface area contributed by atoms with Crippen molar-refractivity contribution in [1.82, 2.24) is 5.43 Å². The van der Waals surface area contributed by atoms with E-state index in [1.54, 1.807) is 0 Å². The van der Waals surface area contributed by atoms with Crippen molar-refractivity contribution in [3.63, 3.8) is 0 Å². The normalized spacial score (nSPS) is 11.4. The summed E-state index contributed by atoms with van der Waals surface area (Å²) in [6.45, 7) is 4.09. The number of fused-ring (bicyclic) bond motifs is 1. The van der Waals surface area contributed by atoms with Crippen LogP contribution in [0.2, 0.25) is 0 Å². The second kappa shape index (κ2) is 7.62. The summed E-state index contributed by atoms with van der Waals surface area (Å²) in [6.07, 6.45) is 0. The highest BCUT2D eigenvalue weighted by molar-refractivity contribution is 6.02. The fraction of sp³-hybridized carbons (Fsp3) is 0.143. The van der Waals surface area contributed by atoms with Crippen molar-refractivity contribution in [2.45, 2.75) is 13.8 Å². The number of carbonyl (C=O) groups is 1. The van der Waals surface area contributed by atoms with E-state index in [-0.39, 0.29) is 12.5 Å². The lowest BCUT2D eigenvalue weighted by Crippen LogP contribution is -2.26. The van der Waals surface area contributed by atoms with Gasteiger partial charge in [0.05, 0.1) is 12.3 Å². The van der Waals surface area contributed by atoms with Crippen molar-refractivity contribution in [2.24, 2.45) is 5.10 Å². The highest BCUT2D eigenvalue weighted by Crippen LogP contribution is 2.16. The van der Waals surface area contributed by atoms with Crippen LogP contribution >= 0.6 is 0 Å². The molecule has 2 N–H and O–H groups in total. The van der Waals surface area contributed by atoms with Crippen molar-refractivity contribution < 1.29 is 4.79 Å². The van der Waals surface area contributed by atoms with E-state index >= 15 is 0 Å². The van der Waals surface area contributed by atoms with Gasteiger partial charge in [0.1, 0.15) is 0 Å². The monoisotopic (exact) mass is 331 g/mol. The van der Waals surface area contributed by atoms with Crippen LogP contribution in [-0.4, -0.2) is 18.2 Å². The molecule has 0 aliphatic rings. The summed E-state index contributed by atoms with van der Waals surface area (Å²) in [5, 5.41) is 9.62. The molecule has 0 fully saturated rings. The Labute approximate surface area is 147 Å². The maximum Gasteiger partial charge on any atom is 0.259 e. The maximum absolute atomic E-state index is 12.0. The second-order valence-corrected chi connectivity index (χ2v) is 6.01. The van der Waals surface area contributed by atoms with Gasteiger partial charge >= 0.3 is 0 Å². The number of carbonyl (C=O) groups excluding carboxylic acids is 1. The number of nitrogens with zero attached hydrogens (tertiary/aromatic N) is 1. The summed E-state index contributed by atoms with van der Waals surface area (Å²) in [7, 11) is 0. The first-order chi connectivity index (χ1) is 12.1. The van der Waals surface area contributed by atoms with Gasteiger partial charge in [-0.15, -0.1) is 0 Å². The molecule has 0 aliphatic carbocycles. The quantitative estimate of drug-likeness (QED) is 0.546. The molecule has 25 heavy (non-hydrogen) atoms. The van der Waals surface area contributed by atoms with Gasteiger partial charge in [0.15, 0.2) is 0 Å². The summed E-state index contributed by atoms with van der Waals surface area (Å²) in [6, 6.07) is 22.2. The van der Waals surface area contributed by atoms with E-state index in [0.717, 1.165) is 22.3 Å². The highest BCUT2D eigenvalue weighted by atomic mass is 16.2. The lowest BCUT2D eigenvalue weighted by Gasteiger charge is -2.07. The topological polar surface area (TPSA) is 53.5 Å². The molecular formula is C21H21N3O. The number of benzene rings is 3. The molecule has 0 atom stereocenters. The first-order valence-corrected chi connectivity index (χ1v) is 8.25. The molecule has 0 aromatic heterocycles. The summed E-state index contributed by atoms with van der Waals surface area (Å²) in [5.74, 6) is -0.180. The first kappa shape index (κ1) is 16.7. The molecule has 126 valence electrons. The molecule has 0 unspecified atom stereocenters. The van der Waals surface area contributed by atoms with Gasteiger partial charge in [0, 0.05) is 5.69 Å². The molecule has 3 rings (SSSR count). The van der Waals surface area contributed by atoms with Crippen molar-refractivity contribution in [2.75, 3.05) is 11.9 Å². The molecule has 0 bridgehead atoms. The van der Waals surface area contributed by atoms with Crippen LogP contribution in [0.5, 0.6) is 0 Å². The van der Waals surface area contributed by atoms with E-state index < -0.39 is 0 Å². The van der Waals surface area contributed by atoms with Gasteiger partial charge < -0.3 is 5.32 Å². The van der Waals surface area contributed by atoms with Gasteiger partial charge in [-0.2, -0.15) is 5.10 Å². The third-order valence-electron chi connectivity index (χ3n) is 4.02. The third kappa shape index (κ3) is 4.44. The average Bonchev–Trinajstić information content (AvgIpc) is 2.65. The second-order valence-electron chi connectivity index (χ2n) is 6.01. The molecule has 1 amide bonds. The number of hydrazone groups is 1. The zero-order chi connectivity index (χ0) is 17.6. The van der Waals surface area contributed by atoms with Crippen molar-refractivity contribution in [3.8, 4) is 0 Å². The lowest BCUT2D eigenvalue weighted by molar-refractivity contribution is -0.119. The van der Waals surface area contributed by atoms with Gasteiger partial charge in [0.2, 0.25) is 0 Å². The standard InChI is InChI=1S/C21H21N3O/c1-15-7-11-20(12-8-15)22-14-21(25)24-23-16(2)18-10-9-17-5-3-4-6-19(17)13-18/h3-13,22H,14H2,1-2H3,(H,24,25)/b23-16+. The zero-order valence-electron chi connectivity index (χ0n) is 14.4. The van der Waals surface area contributed by atoms with Crippen molar-refractivity contribution in [3.05, 3.63) is 77.9 Å². The summed E-state index contributed by atoms with van der Waals surface area (Å²) < 4.78 is 0. The van der Waals surface area contributed by atoms with Crippen molar-refractivity contribution in [1.29, 1.82) is 0 Å². The summed E-state index contributed by atoms with van der Waals surface area (Å²) in [4.78, 5) is 12.0. The van der Waals surface area contributed by atoms with E-state index in [9.17, 15) is 4.79 Å². The van der Waals surface area contributed by atoms with E-state index in [0.29, 0.717) is 0 Å². The van der Waals surface area contributed by atoms with Gasteiger partial charge in [0.25, 0.3) is 5.91 Å². The Bertz CT molecular complexity index is 914. The summed E-state index contributed by atoms with van der Waals surface area (Å²) in [5.41, 5.74) is 6.46. The Morgan fingerprint density at radius 1 is 0.960 bits per heavy atom. The van der Waals surface area contributed by atoms with E-state index in [1.165, 1.54) is 10.9 Å². The van der Waals surface area contributed by atoms with Crippen LogP contribution in [0.4, 0.5) is 5.69 Å². The number of nitrogens with one attached hydrogen (secondary N) is 2. The predicted octanol–water partition coefficient (Wildman–Crippen LogP) is 4.10. The van der Waals surface area contributed by atoms with Crippen LogP contribution in [0, 0.1) is 6.92 Å². The number of hydrogen-bond donors (Lipinski definition) is 2. The molecule has 4 heteroatoms. The summed E-state index contributed by atoms with van der Waals surface area (Å²) >= 11 is 0. The Morgan fingerprint density at radius 2 is 1.68 bits per heavy atom. The molecule has 0 heterocycles. The largest absolute Gasteiger partial charge is 0.376 e. The number of aryl methyl sites for hydroxylation is 1. The predicted molar refractivity (Wildman–Crippen MR) is 104 cm³/mol.